The summed E-state index contributed by atoms with van der Waals surface area (Å²) in [5.74, 6) is 0.150. The summed E-state index contributed by atoms with van der Waals surface area (Å²) in [5, 5.41) is 0. The minimum Gasteiger partial charge on any atom is -0.471 e. The molecule has 0 aliphatic carbocycles. The number of carbonyl (C=O) groups excluding carboxylic acids is 1. The molecule has 11 heteroatoms. The van der Waals surface area contributed by atoms with E-state index in [0.29, 0.717) is 49.2 Å². The fraction of sp³-hybridized carbons (Fsp3) is 0.440. The van der Waals surface area contributed by atoms with Crippen LogP contribution in [-0.4, -0.2) is 60.3 Å². The molecule has 1 atom stereocenters. The first kappa shape index (κ1) is 22.6. The molecule has 2 fully saturated rings. The van der Waals surface area contributed by atoms with Gasteiger partial charge in [-0.25, -0.2) is 4.98 Å². The zero-order valence-electron chi connectivity index (χ0n) is 20.2. The molecule has 1 amide bonds. The van der Waals surface area contributed by atoms with Crippen LogP contribution in [0.15, 0.2) is 40.8 Å². The predicted molar refractivity (Wildman–Crippen MR) is 133 cm³/mol. The van der Waals surface area contributed by atoms with E-state index in [0.717, 1.165) is 43.0 Å². The van der Waals surface area contributed by atoms with Crippen LogP contribution in [0.25, 0.3) is 11.2 Å². The second-order valence-electron chi connectivity index (χ2n) is 9.25. The highest BCUT2D eigenvalue weighted by molar-refractivity contribution is 5.98. The predicted octanol–water partition coefficient (Wildman–Crippen LogP) is 2.62. The minimum atomic E-state index is -0.598. The van der Waals surface area contributed by atoms with Gasteiger partial charge in [0, 0.05) is 49.7 Å². The largest absolute Gasteiger partial charge is 0.471 e. The Morgan fingerprint density at radius 1 is 1.06 bits per heavy atom. The van der Waals surface area contributed by atoms with Crippen LogP contribution in [-0.2, 0) is 14.3 Å². The van der Waals surface area contributed by atoms with E-state index in [2.05, 4.69) is 14.8 Å². The number of aromatic nitrogens is 3. The van der Waals surface area contributed by atoms with Crippen LogP contribution in [0.2, 0.25) is 0 Å². The number of aryl methyl sites for hydroxylation is 1. The molecule has 3 aliphatic rings. The summed E-state index contributed by atoms with van der Waals surface area (Å²) in [5.41, 5.74) is 9.51. The third kappa shape index (κ3) is 4.09. The number of nitrogens with zero attached hydrogens (tertiary/aromatic N) is 6. The maximum atomic E-state index is 12.5. The molecule has 1 unspecified atom stereocenters. The Morgan fingerprint density at radius 2 is 1.86 bits per heavy atom. The standard InChI is InChI=1S/C25H29N7O4/c1-16-13-17(5-6-27-16)24-32(19(15-35-24)21(26)33)18-14-20-22(28-23(18)30-7-3-2-4-8-30)29-25(36-20)31-9-11-34-12-10-31/h5-6,13-15,24H,2-4,7-12H2,1H3,(H2,26,33). The van der Waals surface area contributed by atoms with Crippen LogP contribution in [0.3, 0.4) is 0 Å². The monoisotopic (exact) mass is 491 g/mol. The highest BCUT2D eigenvalue weighted by Gasteiger charge is 2.37. The zero-order chi connectivity index (χ0) is 24.6. The van der Waals surface area contributed by atoms with Crippen molar-refractivity contribution < 1.29 is 18.7 Å². The molecule has 6 rings (SSSR count). The van der Waals surface area contributed by atoms with Gasteiger partial charge in [0.25, 0.3) is 11.9 Å². The zero-order valence-corrected chi connectivity index (χ0v) is 20.2. The van der Waals surface area contributed by atoms with Crippen LogP contribution in [0.5, 0.6) is 0 Å². The molecule has 188 valence electrons. The SMILES string of the molecule is Cc1cc(C2OC=C(C(N)=O)N2c2cc3oc(N4CCOCC4)nc3nc2N2CCCCC2)ccn1. The van der Waals surface area contributed by atoms with E-state index in [4.69, 9.17) is 29.6 Å². The first-order valence-corrected chi connectivity index (χ1v) is 12.3. The Hall–Kier alpha value is -3.86. The topological polar surface area (TPSA) is 123 Å². The number of hydrogen-bond acceptors (Lipinski definition) is 10. The number of primary amides is 1. The summed E-state index contributed by atoms with van der Waals surface area (Å²) in [4.78, 5) is 32.6. The van der Waals surface area contributed by atoms with E-state index in [1.54, 1.807) is 6.20 Å². The van der Waals surface area contributed by atoms with Gasteiger partial charge in [-0.15, -0.1) is 0 Å². The van der Waals surface area contributed by atoms with E-state index in [-0.39, 0.29) is 5.70 Å². The van der Waals surface area contributed by atoms with Crippen molar-refractivity contribution in [3.8, 4) is 0 Å². The lowest BCUT2D eigenvalue weighted by molar-refractivity contribution is -0.114. The second-order valence-corrected chi connectivity index (χ2v) is 9.25. The van der Waals surface area contributed by atoms with Gasteiger partial charge in [0.15, 0.2) is 11.4 Å². The van der Waals surface area contributed by atoms with Crippen LogP contribution in [0.4, 0.5) is 17.5 Å². The molecule has 0 aromatic carbocycles. The smallest absolute Gasteiger partial charge is 0.300 e. The summed E-state index contributed by atoms with van der Waals surface area (Å²) in [6.07, 6.45) is 5.87. The van der Waals surface area contributed by atoms with Crippen LogP contribution >= 0.6 is 0 Å². The third-order valence-electron chi connectivity index (χ3n) is 6.79. The van der Waals surface area contributed by atoms with E-state index >= 15 is 0 Å². The average molecular weight is 492 g/mol. The van der Waals surface area contributed by atoms with Crippen molar-refractivity contribution in [3.63, 3.8) is 0 Å². The third-order valence-corrected chi connectivity index (χ3v) is 6.79. The van der Waals surface area contributed by atoms with Gasteiger partial charge in [0.1, 0.15) is 12.0 Å². The van der Waals surface area contributed by atoms with Crippen LogP contribution in [0.1, 0.15) is 36.7 Å². The number of piperidine rings is 1. The van der Waals surface area contributed by atoms with E-state index < -0.39 is 12.1 Å². The second kappa shape index (κ2) is 9.30. The molecular formula is C25H29N7O4. The number of anilines is 3. The molecule has 3 aromatic rings. The lowest BCUT2D eigenvalue weighted by Crippen LogP contribution is -2.36. The van der Waals surface area contributed by atoms with Gasteiger partial charge in [-0.05, 0) is 38.3 Å². The lowest BCUT2D eigenvalue weighted by Gasteiger charge is -2.34. The number of rotatable bonds is 5. The van der Waals surface area contributed by atoms with Crippen molar-refractivity contribution in [3.05, 3.63) is 47.6 Å². The Labute approximate surface area is 208 Å². The first-order chi connectivity index (χ1) is 17.6. The van der Waals surface area contributed by atoms with Gasteiger partial charge in [-0.2, -0.15) is 4.98 Å². The molecule has 2 N–H and O–H groups in total. The fourth-order valence-electron chi connectivity index (χ4n) is 4.99. The molecule has 3 aromatic heterocycles. The molecule has 36 heavy (non-hydrogen) atoms. The molecule has 0 saturated carbocycles. The Morgan fingerprint density at radius 3 is 2.61 bits per heavy atom. The Balaban J connectivity index is 1.49. The molecule has 6 heterocycles. The summed E-state index contributed by atoms with van der Waals surface area (Å²) in [7, 11) is 0. The molecule has 2 saturated heterocycles. The van der Waals surface area contributed by atoms with Gasteiger partial charge in [-0.3, -0.25) is 14.7 Å². The number of oxazole rings is 1. The molecule has 0 bridgehead atoms. The van der Waals surface area contributed by atoms with E-state index in [1.807, 2.05) is 30.0 Å². The summed E-state index contributed by atoms with van der Waals surface area (Å²) < 4.78 is 17.6. The van der Waals surface area contributed by atoms with Crippen molar-refractivity contribution >= 4 is 34.7 Å². The van der Waals surface area contributed by atoms with Gasteiger partial charge in [-0.1, -0.05) is 0 Å². The number of pyridine rings is 2. The average Bonchev–Trinajstić information content (AvgIpc) is 3.53. The highest BCUT2D eigenvalue weighted by Crippen LogP contribution is 2.43. The number of hydrogen-bond donors (Lipinski definition) is 1. The number of carbonyl (C=O) groups is 1. The minimum absolute atomic E-state index is 0.252. The summed E-state index contributed by atoms with van der Waals surface area (Å²) >= 11 is 0. The number of morpholine rings is 1. The highest BCUT2D eigenvalue weighted by atomic mass is 16.5. The maximum absolute atomic E-state index is 12.5. The van der Waals surface area contributed by atoms with Crippen molar-refractivity contribution in [1.82, 2.24) is 15.0 Å². The molecule has 11 nitrogen and oxygen atoms in total. The number of nitrogens with two attached hydrogens (primary N) is 1. The van der Waals surface area contributed by atoms with Gasteiger partial charge >= 0.3 is 0 Å². The van der Waals surface area contributed by atoms with Crippen molar-refractivity contribution in [2.45, 2.75) is 32.4 Å². The van der Waals surface area contributed by atoms with Crippen molar-refractivity contribution in [2.24, 2.45) is 5.73 Å². The molecule has 0 radical (unpaired) electrons. The molecule has 0 spiro atoms. The number of amides is 1. The normalized spacial score (nSPS) is 20.5. The quantitative estimate of drug-likeness (QED) is 0.570. The first-order valence-electron chi connectivity index (χ1n) is 12.3. The summed E-state index contributed by atoms with van der Waals surface area (Å²) in [6, 6.07) is 6.23. The molecule has 3 aliphatic heterocycles. The van der Waals surface area contributed by atoms with Crippen molar-refractivity contribution in [2.75, 3.05) is 54.1 Å². The van der Waals surface area contributed by atoms with Crippen LogP contribution < -0.4 is 20.4 Å². The molecular weight excluding hydrogens is 462 g/mol. The number of fused-ring (bicyclic) bond motifs is 1. The Kier molecular flexibility index (Phi) is 5.84. The van der Waals surface area contributed by atoms with Gasteiger partial charge < -0.3 is 29.4 Å². The fourth-order valence-corrected chi connectivity index (χ4v) is 4.99. The van der Waals surface area contributed by atoms with Crippen molar-refractivity contribution in [1.29, 1.82) is 0 Å². The Bertz CT molecular complexity index is 1310. The number of ether oxygens (including phenoxy) is 2. The maximum Gasteiger partial charge on any atom is 0.300 e. The van der Waals surface area contributed by atoms with Gasteiger partial charge in [0.2, 0.25) is 11.9 Å². The van der Waals surface area contributed by atoms with Gasteiger partial charge in [0.05, 0.1) is 18.9 Å². The van der Waals surface area contributed by atoms with Crippen LogP contribution in [0, 0.1) is 6.92 Å². The lowest BCUT2D eigenvalue weighted by atomic mass is 10.1. The van der Waals surface area contributed by atoms with E-state index in [1.165, 1.54) is 12.7 Å². The van der Waals surface area contributed by atoms with E-state index in [9.17, 15) is 4.79 Å². The summed E-state index contributed by atoms with van der Waals surface area (Å²) in [6.45, 7) is 6.31.